The first-order valence-corrected chi connectivity index (χ1v) is 4.76. The molecule has 0 aliphatic rings. The van der Waals surface area contributed by atoms with E-state index < -0.39 is 0 Å². The Balaban J connectivity index is 2.58. The van der Waals surface area contributed by atoms with Gasteiger partial charge in [0.1, 0.15) is 17.4 Å². The molecule has 4 heteroatoms. The molecular weight excluding hydrogens is 207 g/mol. The standard InChI is InChI=1S/C12H11FN2O/c1-16-11-3-2-9(13)7-10(11)8-4-5-15-12(14)6-8/h2-7H,1H3,(H2,14,15). The third-order valence-corrected chi connectivity index (χ3v) is 2.25. The Morgan fingerprint density at radius 1 is 1.25 bits per heavy atom. The number of hydrogen-bond acceptors (Lipinski definition) is 3. The van der Waals surface area contributed by atoms with Gasteiger partial charge < -0.3 is 10.5 Å². The van der Waals surface area contributed by atoms with Crippen molar-refractivity contribution in [3.63, 3.8) is 0 Å². The van der Waals surface area contributed by atoms with Crippen LogP contribution >= 0.6 is 0 Å². The van der Waals surface area contributed by atoms with Crippen molar-refractivity contribution in [2.75, 3.05) is 12.8 Å². The van der Waals surface area contributed by atoms with E-state index in [9.17, 15) is 4.39 Å². The van der Waals surface area contributed by atoms with E-state index in [0.717, 1.165) is 5.56 Å². The second-order valence-corrected chi connectivity index (χ2v) is 3.31. The molecule has 2 aromatic rings. The zero-order valence-electron chi connectivity index (χ0n) is 8.77. The van der Waals surface area contributed by atoms with E-state index in [0.29, 0.717) is 17.1 Å². The van der Waals surface area contributed by atoms with Crippen LogP contribution < -0.4 is 10.5 Å². The summed E-state index contributed by atoms with van der Waals surface area (Å²) in [7, 11) is 1.54. The highest BCUT2D eigenvalue weighted by atomic mass is 19.1. The molecule has 0 bridgehead atoms. The highest BCUT2D eigenvalue weighted by molar-refractivity contribution is 5.71. The summed E-state index contributed by atoms with van der Waals surface area (Å²) in [6, 6.07) is 7.78. The van der Waals surface area contributed by atoms with Crippen LogP contribution in [0, 0.1) is 5.82 Å². The van der Waals surface area contributed by atoms with E-state index in [2.05, 4.69) is 4.98 Å². The van der Waals surface area contributed by atoms with Gasteiger partial charge in [0.2, 0.25) is 0 Å². The van der Waals surface area contributed by atoms with Crippen LogP contribution in [-0.4, -0.2) is 12.1 Å². The number of halogens is 1. The number of benzene rings is 1. The fourth-order valence-corrected chi connectivity index (χ4v) is 1.52. The third kappa shape index (κ3) is 1.95. The van der Waals surface area contributed by atoms with Crippen molar-refractivity contribution < 1.29 is 9.13 Å². The van der Waals surface area contributed by atoms with Crippen molar-refractivity contribution >= 4 is 5.82 Å². The van der Waals surface area contributed by atoms with Crippen LogP contribution in [0.2, 0.25) is 0 Å². The smallest absolute Gasteiger partial charge is 0.126 e. The number of nitrogens with two attached hydrogens (primary N) is 1. The van der Waals surface area contributed by atoms with Crippen molar-refractivity contribution in [2.45, 2.75) is 0 Å². The molecule has 0 unspecified atom stereocenters. The third-order valence-electron chi connectivity index (χ3n) is 2.25. The topological polar surface area (TPSA) is 48.1 Å². The van der Waals surface area contributed by atoms with Gasteiger partial charge in [0, 0.05) is 11.8 Å². The number of aromatic nitrogens is 1. The quantitative estimate of drug-likeness (QED) is 0.842. The summed E-state index contributed by atoms with van der Waals surface area (Å²) in [5, 5.41) is 0. The first kappa shape index (κ1) is 10.4. The lowest BCUT2D eigenvalue weighted by atomic mass is 10.1. The number of anilines is 1. The van der Waals surface area contributed by atoms with Gasteiger partial charge in [0.05, 0.1) is 7.11 Å². The summed E-state index contributed by atoms with van der Waals surface area (Å²) in [4.78, 5) is 3.89. The lowest BCUT2D eigenvalue weighted by Gasteiger charge is -2.08. The van der Waals surface area contributed by atoms with Gasteiger partial charge in [-0.3, -0.25) is 0 Å². The molecule has 0 radical (unpaired) electrons. The van der Waals surface area contributed by atoms with Gasteiger partial charge in [-0.25, -0.2) is 9.37 Å². The molecule has 3 nitrogen and oxygen atoms in total. The van der Waals surface area contributed by atoms with Crippen LogP contribution in [0.15, 0.2) is 36.5 Å². The zero-order valence-corrected chi connectivity index (χ0v) is 8.77. The maximum Gasteiger partial charge on any atom is 0.126 e. The fourth-order valence-electron chi connectivity index (χ4n) is 1.52. The molecule has 0 fully saturated rings. The van der Waals surface area contributed by atoms with Crippen LogP contribution in [-0.2, 0) is 0 Å². The molecule has 0 aliphatic heterocycles. The summed E-state index contributed by atoms with van der Waals surface area (Å²) in [5.74, 6) is 0.682. The Labute approximate surface area is 92.7 Å². The second kappa shape index (κ2) is 4.18. The Kier molecular flexibility index (Phi) is 2.72. The lowest BCUT2D eigenvalue weighted by molar-refractivity contribution is 0.415. The van der Waals surface area contributed by atoms with E-state index >= 15 is 0 Å². The van der Waals surface area contributed by atoms with Gasteiger partial charge in [-0.2, -0.15) is 0 Å². The largest absolute Gasteiger partial charge is 0.496 e. The average Bonchev–Trinajstić information content (AvgIpc) is 2.29. The van der Waals surface area contributed by atoms with Crippen molar-refractivity contribution in [1.82, 2.24) is 4.98 Å². The minimum absolute atomic E-state index is 0.314. The van der Waals surface area contributed by atoms with Crippen molar-refractivity contribution in [2.24, 2.45) is 0 Å². The van der Waals surface area contributed by atoms with Crippen molar-refractivity contribution in [1.29, 1.82) is 0 Å². The molecule has 1 aromatic carbocycles. The van der Waals surface area contributed by atoms with Gasteiger partial charge in [0.25, 0.3) is 0 Å². The maximum absolute atomic E-state index is 13.2. The highest BCUT2D eigenvalue weighted by Crippen LogP contribution is 2.30. The molecule has 82 valence electrons. The van der Waals surface area contributed by atoms with Crippen LogP contribution in [0.25, 0.3) is 11.1 Å². The number of methoxy groups -OCH3 is 1. The molecular formula is C12H11FN2O. The molecule has 0 aliphatic carbocycles. The molecule has 0 saturated heterocycles. The van der Waals surface area contributed by atoms with Gasteiger partial charge in [0.15, 0.2) is 0 Å². The molecule has 16 heavy (non-hydrogen) atoms. The summed E-state index contributed by atoms with van der Waals surface area (Å²) in [5.41, 5.74) is 7.02. The minimum Gasteiger partial charge on any atom is -0.496 e. The number of rotatable bonds is 2. The molecule has 1 heterocycles. The van der Waals surface area contributed by atoms with E-state index in [-0.39, 0.29) is 5.82 Å². The molecule has 1 aromatic heterocycles. The molecule has 2 N–H and O–H groups in total. The molecule has 0 amide bonds. The predicted molar refractivity (Wildman–Crippen MR) is 60.6 cm³/mol. The Hall–Kier alpha value is -2.10. The van der Waals surface area contributed by atoms with Crippen molar-refractivity contribution in [3.05, 3.63) is 42.3 Å². The summed E-state index contributed by atoms with van der Waals surface area (Å²) in [6.07, 6.45) is 1.58. The van der Waals surface area contributed by atoms with Crippen LogP contribution in [0.4, 0.5) is 10.2 Å². The predicted octanol–water partition coefficient (Wildman–Crippen LogP) is 2.48. The lowest BCUT2D eigenvalue weighted by Crippen LogP contribution is -1.92. The van der Waals surface area contributed by atoms with Crippen molar-refractivity contribution in [3.8, 4) is 16.9 Å². The first-order valence-electron chi connectivity index (χ1n) is 4.76. The minimum atomic E-state index is -0.314. The van der Waals surface area contributed by atoms with Crippen LogP contribution in [0.1, 0.15) is 0 Å². The number of ether oxygens (including phenoxy) is 1. The summed E-state index contributed by atoms with van der Waals surface area (Å²) in [6.45, 7) is 0. The van der Waals surface area contributed by atoms with Gasteiger partial charge >= 0.3 is 0 Å². The molecule has 0 saturated carbocycles. The molecule has 0 spiro atoms. The summed E-state index contributed by atoms with van der Waals surface area (Å²) < 4.78 is 18.3. The van der Waals surface area contributed by atoms with Gasteiger partial charge in [-0.15, -0.1) is 0 Å². The van der Waals surface area contributed by atoms with E-state index in [1.54, 1.807) is 31.5 Å². The average molecular weight is 218 g/mol. The van der Waals surface area contributed by atoms with E-state index in [4.69, 9.17) is 10.5 Å². The number of pyridine rings is 1. The van der Waals surface area contributed by atoms with Gasteiger partial charge in [-0.1, -0.05) is 0 Å². The molecule has 2 rings (SSSR count). The molecule has 0 atom stereocenters. The summed E-state index contributed by atoms with van der Waals surface area (Å²) >= 11 is 0. The monoisotopic (exact) mass is 218 g/mol. The number of nitrogens with zero attached hydrogens (tertiary/aromatic N) is 1. The number of hydrogen-bond donors (Lipinski definition) is 1. The second-order valence-electron chi connectivity index (χ2n) is 3.31. The zero-order chi connectivity index (χ0) is 11.5. The van der Waals surface area contributed by atoms with Crippen LogP contribution in [0.3, 0.4) is 0 Å². The van der Waals surface area contributed by atoms with E-state index in [1.807, 2.05) is 0 Å². The maximum atomic E-state index is 13.2. The normalized spacial score (nSPS) is 10.1. The Morgan fingerprint density at radius 2 is 2.06 bits per heavy atom. The SMILES string of the molecule is COc1ccc(F)cc1-c1ccnc(N)c1. The van der Waals surface area contributed by atoms with Gasteiger partial charge in [-0.05, 0) is 35.9 Å². The Bertz CT molecular complexity index is 514. The van der Waals surface area contributed by atoms with Crippen LogP contribution in [0.5, 0.6) is 5.75 Å². The Morgan fingerprint density at radius 3 is 2.75 bits per heavy atom. The first-order chi connectivity index (χ1) is 7.70. The highest BCUT2D eigenvalue weighted by Gasteiger charge is 2.07. The number of nitrogen functional groups attached to an aromatic ring is 1. The van der Waals surface area contributed by atoms with E-state index in [1.165, 1.54) is 12.1 Å². The fraction of sp³-hybridized carbons (Fsp3) is 0.0833.